The van der Waals surface area contributed by atoms with E-state index in [2.05, 4.69) is 19.9 Å². The number of carbonyl (C=O) groups is 1. The van der Waals surface area contributed by atoms with Crippen molar-refractivity contribution in [1.82, 2.24) is 24.8 Å². The van der Waals surface area contributed by atoms with Crippen LogP contribution in [-0.4, -0.2) is 78.3 Å². The van der Waals surface area contributed by atoms with Gasteiger partial charge < -0.3 is 19.3 Å². The van der Waals surface area contributed by atoms with Crippen molar-refractivity contribution in [3.63, 3.8) is 0 Å². The van der Waals surface area contributed by atoms with Crippen LogP contribution in [0.4, 0.5) is 5.95 Å². The molecule has 9 heteroatoms. The van der Waals surface area contributed by atoms with E-state index in [9.17, 15) is 4.79 Å². The third-order valence-electron chi connectivity index (χ3n) is 4.07. The highest BCUT2D eigenvalue weighted by Gasteiger charge is 2.29. The average molecular weight is 358 g/mol. The van der Waals surface area contributed by atoms with E-state index < -0.39 is 0 Å². The zero-order valence-corrected chi connectivity index (χ0v) is 15.1. The number of aromatic nitrogens is 4. The van der Waals surface area contributed by atoms with Crippen molar-refractivity contribution in [1.29, 1.82) is 0 Å². The smallest absolute Gasteiger partial charge is 0.248 e. The summed E-state index contributed by atoms with van der Waals surface area (Å²) in [5, 5.41) is 0. The van der Waals surface area contributed by atoms with Crippen LogP contribution in [0.3, 0.4) is 0 Å². The summed E-state index contributed by atoms with van der Waals surface area (Å²) in [6.45, 7) is 1.44. The molecule has 1 saturated heterocycles. The second-order valence-electron chi connectivity index (χ2n) is 6.12. The van der Waals surface area contributed by atoms with Gasteiger partial charge in [-0.2, -0.15) is 0 Å². The number of hydrogen-bond acceptors (Lipinski definition) is 8. The largest absolute Gasteiger partial charge is 0.375 e. The van der Waals surface area contributed by atoms with Crippen LogP contribution in [0, 0.1) is 0 Å². The maximum atomic E-state index is 12.2. The molecule has 1 amide bonds. The van der Waals surface area contributed by atoms with Gasteiger partial charge in [-0.05, 0) is 0 Å². The van der Waals surface area contributed by atoms with Crippen LogP contribution in [0.1, 0.15) is 11.8 Å². The number of ether oxygens (including phenoxy) is 2. The number of rotatable bonds is 5. The van der Waals surface area contributed by atoms with Crippen molar-refractivity contribution < 1.29 is 14.3 Å². The Morgan fingerprint density at radius 3 is 2.81 bits per heavy atom. The summed E-state index contributed by atoms with van der Waals surface area (Å²) < 4.78 is 10.9. The van der Waals surface area contributed by atoms with Gasteiger partial charge in [-0.3, -0.25) is 4.79 Å². The highest BCUT2D eigenvalue weighted by molar-refractivity contribution is 5.77. The van der Waals surface area contributed by atoms with Crippen LogP contribution < -0.4 is 4.90 Å². The number of anilines is 1. The topological polar surface area (TPSA) is 93.6 Å². The lowest BCUT2D eigenvalue weighted by Gasteiger charge is -2.33. The third kappa shape index (κ3) is 3.94. The molecule has 0 radical (unpaired) electrons. The lowest BCUT2D eigenvalue weighted by molar-refractivity contribution is -0.143. The van der Waals surface area contributed by atoms with Crippen molar-refractivity contribution in [3.05, 3.63) is 30.6 Å². The van der Waals surface area contributed by atoms with E-state index in [1.807, 2.05) is 19.0 Å². The third-order valence-corrected chi connectivity index (χ3v) is 4.07. The molecule has 3 rings (SSSR count). The molecule has 0 bridgehead atoms. The van der Waals surface area contributed by atoms with E-state index in [1.165, 1.54) is 13.4 Å². The van der Waals surface area contributed by atoms with Crippen LogP contribution in [0.15, 0.2) is 24.9 Å². The monoisotopic (exact) mass is 358 g/mol. The second kappa shape index (κ2) is 8.15. The number of amides is 1. The number of hydrogen-bond donors (Lipinski definition) is 0. The molecule has 2 aromatic heterocycles. The Morgan fingerprint density at radius 2 is 2.12 bits per heavy atom. The van der Waals surface area contributed by atoms with Crippen molar-refractivity contribution in [3.8, 4) is 11.1 Å². The molecule has 0 aliphatic carbocycles. The zero-order chi connectivity index (χ0) is 18.5. The van der Waals surface area contributed by atoms with Gasteiger partial charge in [0.15, 0.2) is 0 Å². The Bertz CT molecular complexity index is 755. The van der Waals surface area contributed by atoms with Crippen molar-refractivity contribution in [2.24, 2.45) is 0 Å². The molecule has 0 N–H and O–H groups in total. The molecule has 1 fully saturated rings. The summed E-state index contributed by atoms with van der Waals surface area (Å²) in [4.78, 5) is 33.0. The fourth-order valence-corrected chi connectivity index (χ4v) is 2.76. The Morgan fingerprint density at radius 1 is 1.35 bits per heavy atom. The van der Waals surface area contributed by atoms with Crippen LogP contribution in [0.5, 0.6) is 0 Å². The van der Waals surface area contributed by atoms with Crippen molar-refractivity contribution in [2.75, 3.05) is 52.4 Å². The van der Waals surface area contributed by atoms with Crippen LogP contribution in [0.25, 0.3) is 11.1 Å². The van der Waals surface area contributed by atoms with Gasteiger partial charge in [0, 0.05) is 57.5 Å². The second-order valence-corrected chi connectivity index (χ2v) is 6.12. The fourth-order valence-electron chi connectivity index (χ4n) is 2.76. The minimum Gasteiger partial charge on any atom is -0.375 e. The minimum absolute atomic E-state index is 0.0544. The van der Waals surface area contributed by atoms with Crippen LogP contribution in [0.2, 0.25) is 0 Å². The standard InChI is InChI=1S/C17H22N6O3/c1-22(2)17-20-8-13(12-6-18-11-19-7-12)16(21-17)14-9-23(4-5-26-14)15(24)10-25-3/h6-8,11,14H,4-5,9-10H2,1-3H3/t14-/m1/s1. The zero-order valence-electron chi connectivity index (χ0n) is 15.1. The molecule has 0 saturated carbocycles. The van der Waals surface area contributed by atoms with E-state index in [0.29, 0.717) is 31.3 Å². The molecule has 1 aliphatic rings. The summed E-state index contributed by atoms with van der Waals surface area (Å²) in [5.74, 6) is 0.511. The van der Waals surface area contributed by atoms with Gasteiger partial charge in [0.05, 0.1) is 18.8 Å². The highest BCUT2D eigenvalue weighted by Crippen LogP contribution is 2.30. The van der Waals surface area contributed by atoms with E-state index in [0.717, 1.165) is 11.1 Å². The SMILES string of the molecule is COCC(=O)N1CCO[C@@H](c2nc(N(C)C)ncc2-c2cncnc2)C1. The van der Waals surface area contributed by atoms with Gasteiger partial charge >= 0.3 is 0 Å². The first kappa shape index (κ1) is 18.2. The first-order valence-corrected chi connectivity index (χ1v) is 8.28. The lowest BCUT2D eigenvalue weighted by atomic mass is 10.0. The molecular weight excluding hydrogens is 336 g/mol. The molecule has 0 unspecified atom stereocenters. The van der Waals surface area contributed by atoms with Crippen molar-refractivity contribution >= 4 is 11.9 Å². The minimum atomic E-state index is -0.360. The quantitative estimate of drug-likeness (QED) is 0.765. The molecule has 26 heavy (non-hydrogen) atoms. The summed E-state index contributed by atoms with van der Waals surface area (Å²) in [6.07, 6.45) is 6.28. The molecular formula is C17H22N6O3. The maximum Gasteiger partial charge on any atom is 0.248 e. The molecule has 2 aromatic rings. The van der Waals surface area contributed by atoms with E-state index in [-0.39, 0.29) is 18.6 Å². The summed E-state index contributed by atoms with van der Waals surface area (Å²) in [6, 6.07) is 0. The molecule has 9 nitrogen and oxygen atoms in total. The van der Waals surface area contributed by atoms with E-state index in [4.69, 9.17) is 9.47 Å². The summed E-state index contributed by atoms with van der Waals surface area (Å²) in [7, 11) is 5.26. The Balaban J connectivity index is 1.96. The predicted octanol–water partition coefficient (Wildman–Crippen LogP) is 0.546. The van der Waals surface area contributed by atoms with Gasteiger partial charge in [0.1, 0.15) is 19.0 Å². The Kier molecular flexibility index (Phi) is 5.69. The molecule has 1 aliphatic heterocycles. The molecule has 1 atom stereocenters. The molecule has 138 valence electrons. The predicted molar refractivity (Wildman–Crippen MR) is 94.5 cm³/mol. The van der Waals surface area contributed by atoms with Gasteiger partial charge in [0.25, 0.3) is 0 Å². The maximum absolute atomic E-state index is 12.2. The number of carbonyl (C=O) groups excluding carboxylic acids is 1. The first-order valence-electron chi connectivity index (χ1n) is 8.28. The first-order chi connectivity index (χ1) is 12.6. The van der Waals surface area contributed by atoms with Crippen molar-refractivity contribution in [2.45, 2.75) is 6.10 Å². The Hall–Kier alpha value is -2.65. The van der Waals surface area contributed by atoms with Crippen LogP contribution >= 0.6 is 0 Å². The van der Waals surface area contributed by atoms with Crippen LogP contribution in [-0.2, 0) is 14.3 Å². The summed E-state index contributed by atoms with van der Waals surface area (Å²) >= 11 is 0. The lowest BCUT2D eigenvalue weighted by Crippen LogP contribution is -2.44. The summed E-state index contributed by atoms with van der Waals surface area (Å²) in [5.41, 5.74) is 2.31. The fraction of sp³-hybridized carbons (Fsp3) is 0.471. The van der Waals surface area contributed by atoms with Gasteiger partial charge in [-0.15, -0.1) is 0 Å². The molecule has 0 aromatic carbocycles. The van der Waals surface area contributed by atoms with Gasteiger partial charge in [-0.1, -0.05) is 0 Å². The molecule has 3 heterocycles. The van der Waals surface area contributed by atoms with Gasteiger partial charge in [0.2, 0.25) is 11.9 Å². The number of morpholine rings is 1. The van der Waals surface area contributed by atoms with Gasteiger partial charge in [-0.25, -0.2) is 19.9 Å². The highest BCUT2D eigenvalue weighted by atomic mass is 16.5. The normalized spacial score (nSPS) is 17.2. The van der Waals surface area contributed by atoms with E-state index >= 15 is 0 Å². The average Bonchev–Trinajstić information content (AvgIpc) is 2.68. The number of nitrogens with zero attached hydrogens (tertiary/aromatic N) is 6. The Labute approximate surface area is 152 Å². The molecule has 0 spiro atoms. The number of methoxy groups -OCH3 is 1. The van der Waals surface area contributed by atoms with E-state index in [1.54, 1.807) is 23.5 Å².